The molecule has 0 aliphatic carbocycles. The van der Waals surface area contributed by atoms with E-state index >= 15 is 0 Å². The molecular formula is C13H22ClN3O4S2. The topological polar surface area (TPSA) is 105 Å². The highest BCUT2D eigenvalue weighted by Crippen LogP contribution is 2.25. The van der Waals surface area contributed by atoms with Crippen LogP contribution in [0.4, 0.5) is 0 Å². The molecule has 0 spiro atoms. The van der Waals surface area contributed by atoms with Crippen LogP contribution in [-0.4, -0.2) is 47.7 Å². The van der Waals surface area contributed by atoms with Crippen molar-refractivity contribution in [2.45, 2.75) is 29.7 Å². The van der Waals surface area contributed by atoms with E-state index in [1.54, 1.807) is 0 Å². The predicted octanol–water partition coefficient (Wildman–Crippen LogP) is 0.575. The summed E-state index contributed by atoms with van der Waals surface area (Å²) in [5.41, 5.74) is -0.120. The minimum Gasteiger partial charge on any atom is -0.316 e. The van der Waals surface area contributed by atoms with Crippen molar-refractivity contribution >= 4 is 32.3 Å². The highest BCUT2D eigenvalue weighted by Gasteiger charge is 2.29. The molecule has 2 heterocycles. The number of rotatable bonds is 5. The second kappa shape index (κ2) is 7.43. The molecule has 0 radical (unpaired) electrons. The SMILES string of the molecule is CC1(CNS(=O)(=O)c2ccc(S(C)(=O)=O)nc2)CCCNC1.Cl. The van der Waals surface area contributed by atoms with Gasteiger partial charge in [0.05, 0.1) is 0 Å². The lowest BCUT2D eigenvalue weighted by Gasteiger charge is -2.34. The summed E-state index contributed by atoms with van der Waals surface area (Å²) in [6.45, 7) is 4.09. The monoisotopic (exact) mass is 383 g/mol. The van der Waals surface area contributed by atoms with Crippen LogP contribution in [0.25, 0.3) is 0 Å². The van der Waals surface area contributed by atoms with Gasteiger partial charge in [-0.15, -0.1) is 12.4 Å². The zero-order valence-corrected chi connectivity index (χ0v) is 15.5. The Morgan fingerprint density at radius 2 is 2.00 bits per heavy atom. The molecule has 1 aromatic rings. The number of hydrogen-bond donors (Lipinski definition) is 2. The Kier molecular flexibility index (Phi) is 6.56. The fourth-order valence-corrected chi connectivity index (χ4v) is 4.07. The number of piperidine rings is 1. The van der Waals surface area contributed by atoms with Gasteiger partial charge in [-0.05, 0) is 36.9 Å². The minimum atomic E-state index is -3.70. The standard InChI is InChI=1S/C13H21N3O4S2.ClH/c1-13(6-3-7-14-9-13)10-16-22(19,20)11-4-5-12(15-8-11)21(2,17)18;/h4-5,8,14,16H,3,6-7,9-10H2,1-2H3;1H. The Morgan fingerprint density at radius 3 is 2.48 bits per heavy atom. The van der Waals surface area contributed by atoms with Crippen LogP contribution in [0.15, 0.2) is 28.3 Å². The molecule has 7 nitrogen and oxygen atoms in total. The smallest absolute Gasteiger partial charge is 0.242 e. The van der Waals surface area contributed by atoms with Gasteiger partial charge in [-0.1, -0.05) is 6.92 Å². The van der Waals surface area contributed by atoms with E-state index in [2.05, 4.69) is 15.0 Å². The summed E-state index contributed by atoms with van der Waals surface area (Å²) in [7, 11) is -7.13. The van der Waals surface area contributed by atoms with E-state index in [0.717, 1.165) is 38.4 Å². The zero-order valence-electron chi connectivity index (χ0n) is 13.1. The van der Waals surface area contributed by atoms with E-state index in [1.807, 2.05) is 6.92 Å². The molecule has 0 bridgehead atoms. The van der Waals surface area contributed by atoms with Gasteiger partial charge in [-0.2, -0.15) is 0 Å². The maximum absolute atomic E-state index is 12.3. The lowest BCUT2D eigenvalue weighted by molar-refractivity contribution is 0.238. The fraction of sp³-hybridized carbons (Fsp3) is 0.615. The van der Waals surface area contributed by atoms with Gasteiger partial charge in [-0.3, -0.25) is 0 Å². The maximum Gasteiger partial charge on any atom is 0.242 e. The van der Waals surface area contributed by atoms with E-state index in [1.165, 1.54) is 12.1 Å². The van der Waals surface area contributed by atoms with Crippen molar-refractivity contribution in [3.05, 3.63) is 18.3 Å². The normalized spacial score (nSPS) is 22.3. The quantitative estimate of drug-likeness (QED) is 0.770. The van der Waals surface area contributed by atoms with Gasteiger partial charge in [-0.25, -0.2) is 26.5 Å². The number of aromatic nitrogens is 1. The van der Waals surface area contributed by atoms with Crippen molar-refractivity contribution in [1.82, 2.24) is 15.0 Å². The maximum atomic E-state index is 12.3. The Hall–Kier alpha value is -0.740. The van der Waals surface area contributed by atoms with Gasteiger partial charge in [0.15, 0.2) is 14.9 Å². The van der Waals surface area contributed by atoms with Crippen LogP contribution in [0.5, 0.6) is 0 Å². The third kappa shape index (κ3) is 5.39. The predicted molar refractivity (Wildman–Crippen MR) is 90.0 cm³/mol. The fourth-order valence-electron chi connectivity index (χ4n) is 2.37. The number of nitrogens with zero attached hydrogens (tertiary/aromatic N) is 1. The third-order valence-corrected chi connectivity index (χ3v) is 6.16. The molecule has 1 aromatic heterocycles. The van der Waals surface area contributed by atoms with Gasteiger partial charge in [0.25, 0.3) is 0 Å². The molecule has 1 aliphatic rings. The first-order valence-electron chi connectivity index (χ1n) is 6.99. The Labute approximate surface area is 143 Å². The van der Waals surface area contributed by atoms with Gasteiger partial charge in [0, 0.05) is 25.5 Å². The summed E-state index contributed by atoms with van der Waals surface area (Å²) in [6.07, 6.45) is 4.06. The average molecular weight is 384 g/mol. The van der Waals surface area contributed by atoms with Crippen LogP contribution in [0.1, 0.15) is 19.8 Å². The molecule has 0 aromatic carbocycles. The van der Waals surface area contributed by atoms with Crippen LogP contribution >= 0.6 is 12.4 Å². The number of halogens is 1. The summed E-state index contributed by atoms with van der Waals surface area (Å²) >= 11 is 0. The number of pyridine rings is 1. The van der Waals surface area contributed by atoms with Gasteiger partial charge < -0.3 is 5.32 Å². The van der Waals surface area contributed by atoms with Crippen molar-refractivity contribution in [3.63, 3.8) is 0 Å². The molecule has 1 unspecified atom stereocenters. The van der Waals surface area contributed by atoms with Crippen LogP contribution < -0.4 is 10.0 Å². The number of sulfonamides is 1. The van der Waals surface area contributed by atoms with E-state index in [-0.39, 0.29) is 27.7 Å². The van der Waals surface area contributed by atoms with Crippen LogP contribution in [0, 0.1) is 5.41 Å². The van der Waals surface area contributed by atoms with Crippen LogP contribution in [0.3, 0.4) is 0 Å². The molecule has 1 aliphatic heterocycles. The largest absolute Gasteiger partial charge is 0.316 e. The first-order chi connectivity index (χ1) is 10.1. The lowest BCUT2D eigenvalue weighted by Crippen LogP contribution is -2.45. The average Bonchev–Trinajstić information content (AvgIpc) is 2.46. The molecule has 23 heavy (non-hydrogen) atoms. The molecule has 1 atom stereocenters. The van der Waals surface area contributed by atoms with Crippen molar-refractivity contribution in [2.75, 3.05) is 25.9 Å². The molecule has 10 heteroatoms. The second-order valence-corrected chi connectivity index (χ2v) is 9.75. The van der Waals surface area contributed by atoms with E-state index < -0.39 is 19.9 Å². The van der Waals surface area contributed by atoms with Crippen molar-refractivity contribution in [2.24, 2.45) is 5.41 Å². The highest BCUT2D eigenvalue weighted by molar-refractivity contribution is 7.90. The molecule has 132 valence electrons. The first kappa shape index (κ1) is 20.3. The zero-order chi connectivity index (χ0) is 16.4. The lowest BCUT2D eigenvalue weighted by atomic mass is 9.83. The second-order valence-electron chi connectivity index (χ2n) is 6.02. The third-order valence-electron chi connectivity index (χ3n) is 3.77. The number of hydrogen-bond acceptors (Lipinski definition) is 6. The molecule has 0 saturated carbocycles. The number of sulfone groups is 1. The van der Waals surface area contributed by atoms with E-state index in [4.69, 9.17) is 0 Å². The summed E-state index contributed by atoms with van der Waals surface area (Å²) in [5.74, 6) is 0. The molecule has 2 N–H and O–H groups in total. The van der Waals surface area contributed by atoms with E-state index in [9.17, 15) is 16.8 Å². The molecular weight excluding hydrogens is 362 g/mol. The highest BCUT2D eigenvalue weighted by atomic mass is 35.5. The summed E-state index contributed by atoms with van der Waals surface area (Å²) in [6, 6.07) is 2.46. The van der Waals surface area contributed by atoms with Gasteiger partial charge in [0.1, 0.15) is 4.90 Å². The molecule has 1 fully saturated rings. The Morgan fingerprint density at radius 1 is 1.30 bits per heavy atom. The Balaban J connectivity index is 0.00000264. The van der Waals surface area contributed by atoms with Crippen LogP contribution in [0.2, 0.25) is 0 Å². The summed E-state index contributed by atoms with van der Waals surface area (Å²) in [4.78, 5) is 3.67. The van der Waals surface area contributed by atoms with Crippen molar-refractivity contribution in [1.29, 1.82) is 0 Å². The van der Waals surface area contributed by atoms with Crippen molar-refractivity contribution in [3.8, 4) is 0 Å². The van der Waals surface area contributed by atoms with Crippen LogP contribution in [-0.2, 0) is 19.9 Å². The van der Waals surface area contributed by atoms with Gasteiger partial charge in [0.2, 0.25) is 10.0 Å². The van der Waals surface area contributed by atoms with E-state index in [0.29, 0.717) is 6.54 Å². The molecule has 0 amide bonds. The Bertz CT molecular complexity index is 727. The summed E-state index contributed by atoms with van der Waals surface area (Å²) < 4.78 is 49.8. The summed E-state index contributed by atoms with van der Waals surface area (Å²) in [5, 5.41) is 3.12. The molecule has 1 saturated heterocycles. The molecule has 2 rings (SSSR count). The van der Waals surface area contributed by atoms with Crippen molar-refractivity contribution < 1.29 is 16.8 Å². The minimum absolute atomic E-state index is 0. The first-order valence-corrected chi connectivity index (χ1v) is 10.4. The van der Waals surface area contributed by atoms with Gasteiger partial charge >= 0.3 is 0 Å². The number of nitrogens with one attached hydrogen (secondary N) is 2.